The highest BCUT2D eigenvalue weighted by Crippen LogP contribution is 2.25. The second-order valence-electron chi connectivity index (χ2n) is 6.07. The van der Waals surface area contributed by atoms with Gasteiger partial charge in [0.05, 0.1) is 22.2 Å². The molecule has 0 saturated heterocycles. The first-order valence-corrected chi connectivity index (χ1v) is 8.00. The molecule has 2 amide bonds. The standard InChI is InChI=1S/C18H21FN4O3/c1-12-15(5-4-6-16(12)23(25)26)21-18(24)20-11-17(22(2)3)13-7-9-14(19)10-8-13/h4-10,17H,11H2,1-3H3,(H2,20,21,24). The molecule has 0 aliphatic heterocycles. The Morgan fingerprint density at radius 2 is 1.88 bits per heavy atom. The zero-order valence-electron chi connectivity index (χ0n) is 14.8. The number of nitrogens with zero attached hydrogens (tertiary/aromatic N) is 2. The highest BCUT2D eigenvalue weighted by atomic mass is 19.1. The Labute approximate surface area is 151 Å². The lowest BCUT2D eigenvalue weighted by Crippen LogP contribution is -2.37. The molecule has 0 fully saturated rings. The van der Waals surface area contributed by atoms with Gasteiger partial charge in [0, 0.05) is 12.6 Å². The van der Waals surface area contributed by atoms with Crippen molar-refractivity contribution in [1.29, 1.82) is 0 Å². The van der Waals surface area contributed by atoms with Crippen molar-refractivity contribution in [3.05, 3.63) is 69.5 Å². The monoisotopic (exact) mass is 360 g/mol. The van der Waals surface area contributed by atoms with Gasteiger partial charge in [-0.05, 0) is 44.8 Å². The van der Waals surface area contributed by atoms with E-state index in [1.807, 2.05) is 19.0 Å². The van der Waals surface area contributed by atoms with Gasteiger partial charge in [-0.25, -0.2) is 9.18 Å². The van der Waals surface area contributed by atoms with E-state index < -0.39 is 11.0 Å². The third kappa shape index (κ3) is 4.76. The van der Waals surface area contributed by atoms with Gasteiger partial charge in [0.25, 0.3) is 5.69 Å². The Morgan fingerprint density at radius 3 is 2.46 bits per heavy atom. The van der Waals surface area contributed by atoms with Crippen molar-refractivity contribution in [2.45, 2.75) is 13.0 Å². The molecule has 2 aromatic carbocycles. The average Bonchev–Trinajstić information content (AvgIpc) is 2.58. The summed E-state index contributed by atoms with van der Waals surface area (Å²) in [5, 5.41) is 16.3. The second kappa shape index (κ2) is 8.39. The number of amides is 2. The number of rotatable bonds is 6. The van der Waals surface area contributed by atoms with E-state index in [2.05, 4.69) is 10.6 Å². The Kier molecular flexibility index (Phi) is 6.24. The van der Waals surface area contributed by atoms with Crippen LogP contribution in [-0.4, -0.2) is 36.5 Å². The average molecular weight is 360 g/mol. The molecule has 0 saturated carbocycles. The first-order valence-electron chi connectivity index (χ1n) is 8.00. The van der Waals surface area contributed by atoms with E-state index >= 15 is 0 Å². The maximum atomic E-state index is 13.1. The van der Waals surface area contributed by atoms with Crippen molar-refractivity contribution >= 4 is 17.4 Å². The van der Waals surface area contributed by atoms with Gasteiger partial charge in [0.1, 0.15) is 5.82 Å². The van der Waals surface area contributed by atoms with E-state index in [1.54, 1.807) is 25.1 Å². The molecule has 2 aromatic rings. The van der Waals surface area contributed by atoms with Gasteiger partial charge in [-0.15, -0.1) is 0 Å². The summed E-state index contributed by atoms with van der Waals surface area (Å²) in [6, 6.07) is 9.98. The number of halogens is 1. The fraction of sp³-hybridized carbons (Fsp3) is 0.278. The Hall–Kier alpha value is -3.00. The Morgan fingerprint density at radius 1 is 1.23 bits per heavy atom. The topological polar surface area (TPSA) is 87.5 Å². The van der Waals surface area contributed by atoms with Gasteiger partial charge in [0.15, 0.2) is 0 Å². The predicted octanol–water partition coefficient (Wildman–Crippen LogP) is 3.47. The van der Waals surface area contributed by atoms with Crippen LogP contribution in [0.4, 0.5) is 20.6 Å². The zero-order valence-corrected chi connectivity index (χ0v) is 14.8. The highest BCUT2D eigenvalue weighted by Gasteiger charge is 2.17. The maximum absolute atomic E-state index is 13.1. The minimum Gasteiger partial charge on any atom is -0.336 e. The van der Waals surface area contributed by atoms with Crippen LogP contribution in [0.1, 0.15) is 17.2 Å². The van der Waals surface area contributed by atoms with Crippen LogP contribution in [0.25, 0.3) is 0 Å². The highest BCUT2D eigenvalue weighted by molar-refractivity contribution is 5.90. The smallest absolute Gasteiger partial charge is 0.319 e. The van der Waals surface area contributed by atoms with E-state index in [9.17, 15) is 19.3 Å². The number of carbonyl (C=O) groups excluding carboxylic acids is 1. The SMILES string of the molecule is Cc1c(NC(=O)NCC(c2ccc(F)cc2)N(C)C)cccc1[N+](=O)[O-]. The lowest BCUT2D eigenvalue weighted by atomic mass is 10.1. The van der Waals surface area contributed by atoms with Crippen molar-refractivity contribution in [1.82, 2.24) is 10.2 Å². The summed E-state index contributed by atoms with van der Waals surface area (Å²) in [5.41, 5.74) is 1.57. The quantitative estimate of drug-likeness (QED) is 0.610. The van der Waals surface area contributed by atoms with Gasteiger partial charge in [0.2, 0.25) is 0 Å². The molecule has 1 atom stereocenters. The van der Waals surface area contributed by atoms with E-state index in [1.165, 1.54) is 24.3 Å². The largest absolute Gasteiger partial charge is 0.336 e. The van der Waals surface area contributed by atoms with Crippen LogP contribution < -0.4 is 10.6 Å². The van der Waals surface area contributed by atoms with Gasteiger partial charge < -0.3 is 15.5 Å². The number of hydrogen-bond acceptors (Lipinski definition) is 4. The van der Waals surface area contributed by atoms with E-state index in [0.29, 0.717) is 17.8 Å². The van der Waals surface area contributed by atoms with Gasteiger partial charge >= 0.3 is 6.03 Å². The van der Waals surface area contributed by atoms with Gasteiger partial charge in [-0.1, -0.05) is 18.2 Å². The molecule has 0 aromatic heterocycles. The van der Waals surface area contributed by atoms with Gasteiger partial charge in [-0.2, -0.15) is 0 Å². The molecule has 0 aliphatic rings. The minimum absolute atomic E-state index is 0.0553. The van der Waals surface area contributed by atoms with Crippen LogP contribution in [0, 0.1) is 22.9 Å². The molecule has 0 heterocycles. The summed E-state index contributed by atoms with van der Waals surface area (Å²) >= 11 is 0. The maximum Gasteiger partial charge on any atom is 0.319 e. The first kappa shape index (κ1) is 19.3. The molecule has 138 valence electrons. The molecule has 26 heavy (non-hydrogen) atoms. The summed E-state index contributed by atoms with van der Waals surface area (Å²) in [6.07, 6.45) is 0. The van der Waals surface area contributed by atoms with Crippen molar-refractivity contribution in [3.8, 4) is 0 Å². The van der Waals surface area contributed by atoms with Crippen LogP contribution in [0.15, 0.2) is 42.5 Å². The van der Waals surface area contributed by atoms with Crippen molar-refractivity contribution < 1.29 is 14.1 Å². The third-order valence-electron chi connectivity index (χ3n) is 4.08. The summed E-state index contributed by atoms with van der Waals surface area (Å²) in [5.74, 6) is -0.321. The van der Waals surface area contributed by atoms with Crippen molar-refractivity contribution in [2.75, 3.05) is 26.0 Å². The number of benzene rings is 2. The molecule has 8 heteroatoms. The Balaban J connectivity index is 2.04. The van der Waals surface area contributed by atoms with Crippen LogP contribution in [0.3, 0.4) is 0 Å². The van der Waals surface area contributed by atoms with Gasteiger partial charge in [-0.3, -0.25) is 10.1 Å². The molecule has 0 spiro atoms. The Bertz CT molecular complexity index is 794. The van der Waals surface area contributed by atoms with Crippen molar-refractivity contribution in [3.63, 3.8) is 0 Å². The van der Waals surface area contributed by atoms with E-state index in [0.717, 1.165) is 5.56 Å². The minimum atomic E-state index is -0.491. The number of nitro benzene ring substituents is 1. The number of likely N-dealkylation sites (N-methyl/N-ethyl adjacent to an activating group) is 1. The molecule has 0 aliphatic carbocycles. The molecule has 2 rings (SSSR count). The van der Waals surface area contributed by atoms with Crippen LogP contribution >= 0.6 is 0 Å². The zero-order chi connectivity index (χ0) is 19.3. The summed E-state index contributed by atoms with van der Waals surface area (Å²) in [4.78, 5) is 24.6. The second-order valence-corrected chi connectivity index (χ2v) is 6.07. The molecule has 0 radical (unpaired) electrons. The number of nitrogens with one attached hydrogen (secondary N) is 2. The molecular weight excluding hydrogens is 339 g/mol. The summed E-state index contributed by atoms with van der Waals surface area (Å²) < 4.78 is 13.1. The molecule has 0 bridgehead atoms. The fourth-order valence-electron chi connectivity index (χ4n) is 2.60. The molecule has 1 unspecified atom stereocenters. The molecule has 2 N–H and O–H groups in total. The fourth-order valence-corrected chi connectivity index (χ4v) is 2.60. The first-order chi connectivity index (χ1) is 12.3. The number of carbonyl (C=O) groups is 1. The number of hydrogen-bond donors (Lipinski definition) is 2. The summed E-state index contributed by atoms with van der Waals surface area (Å²) in [6.45, 7) is 1.87. The number of anilines is 1. The van der Waals surface area contributed by atoms with E-state index in [-0.39, 0.29) is 17.5 Å². The lowest BCUT2D eigenvalue weighted by molar-refractivity contribution is -0.385. The normalized spacial score (nSPS) is 11.9. The van der Waals surface area contributed by atoms with Crippen LogP contribution in [0.5, 0.6) is 0 Å². The number of nitro groups is 1. The molecular formula is C18H21FN4O3. The number of urea groups is 1. The lowest BCUT2D eigenvalue weighted by Gasteiger charge is -2.25. The molecule has 7 nitrogen and oxygen atoms in total. The van der Waals surface area contributed by atoms with E-state index in [4.69, 9.17) is 0 Å². The predicted molar refractivity (Wildman–Crippen MR) is 97.7 cm³/mol. The third-order valence-corrected chi connectivity index (χ3v) is 4.08. The van der Waals surface area contributed by atoms with Crippen LogP contribution in [-0.2, 0) is 0 Å². The summed E-state index contributed by atoms with van der Waals surface area (Å²) in [7, 11) is 3.72. The van der Waals surface area contributed by atoms with Crippen LogP contribution in [0.2, 0.25) is 0 Å². The van der Waals surface area contributed by atoms with Crippen molar-refractivity contribution in [2.24, 2.45) is 0 Å².